The van der Waals surface area contributed by atoms with E-state index in [-0.39, 0.29) is 101 Å². The van der Waals surface area contributed by atoms with Gasteiger partial charge < -0.3 is 77.0 Å². The van der Waals surface area contributed by atoms with Gasteiger partial charge in [0, 0.05) is 43.7 Å². The molecule has 1 aliphatic rings. The van der Waals surface area contributed by atoms with Crippen LogP contribution in [0.5, 0.6) is 0 Å². The molecule has 0 unspecified atom stereocenters. The molecule has 7 atom stereocenters. The molecule has 1 fully saturated rings. The number of carboxylic acids is 1. The van der Waals surface area contributed by atoms with Crippen molar-refractivity contribution in [2.24, 2.45) is 17.4 Å². The highest BCUT2D eigenvalue weighted by Crippen LogP contribution is 2.38. The minimum atomic E-state index is -5.16. The minimum Gasteiger partial charge on any atom is -0.481 e. The average molecular weight is 967 g/mol. The van der Waals surface area contributed by atoms with E-state index in [2.05, 4.69) is 48.7 Å². The number of aryl methyl sites for hydroxylation is 1. The highest BCUT2D eigenvalue weighted by Gasteiger charge is 2.38. The molecule has 368 valence electrons. The molecule has 2 rings (SSSR count). The molecule has 0 bridgehead atoms. The lowest BCUT2D eigenvalue weighted by Gasteiger charge is -2.29. The van der Waals surface area contributed by atoms with Crippen molar-refractivity contribution in [2.75, 3.05) is 51.9 Å². The van der Waals surface area contributed by atoms with Crippen LogP contribution in [0.2, 0.25) is 0 Å². The summed E-state index contributed by atoms with van der Waals surface area (Å²) in [7, 11) is -5.16. The van der Waals surface area contributed by atoms with Gasteiger partial charge in [0.05, 0.1) is 64.3 Å². The van der Waals surface area contributed by atoms with Gasteiger partial charge in [0.2, 0.25) is 41.4 Å². The summed E-state index contributed by atoms with van der Waals surface area (Å²) in [5, 5.41) is 31.5. The number of nitrogens with two attached hydrogens (primary N) is 2. The van der Waals surface area contributed by atoms with E-state index >= 15 is 0 Å². The van der Waals surface area contributed by atoms with Gasteiger partial charge >= 0.3 is 13.8 Å². The number of nitrogens with zero attached hydrogens (tertiary/aromatic N) is 3. The van der Waals surface area contributed by atoms with Crippen LogP contribution in [0.4, 0.5) is 0 Å². The van der Waals surface area contributed by atoms with Gasteiger partial charge in [-0.15, -0.1) is 0 Å². The predicted molar refractivity (Wildman–Crippen MR) is 230 cm³/mol. The first-order chi connectivity index (χ1) is 30.6. The number of aliphatic hydroxyl groups excluding tert-OH is 1. The van der Waals surface area contributed by atoms with Crippen LogP contribution >= 0.6 is 20.5 Å². The molecule has 7 amide bonds. The van der Waals surface area contributed by atoms with Gasteiger partial charge in [-0.2, -0.15) is 12.6 Å². The lowest BCUT2D eigenvalue weighted by molar-refractivity contribution is -0.140. The number of phosphoric acid groups is 1. The smallest absolute Gasteiger partial charge is 0.469 e. The molecule has 28 heteroatoms. The summed E-state index contributed by atoms with van der Waals surface area (Å²) in [6.07, 6.45) is 1.10. The van der Waals surface area contributed by atoms with E-state index in [0.717, 1.165) is 6.92 Å². The van der Waals surface area contributed by atoms with E-state index in [0.29, 0.717) is 12.8 Å². The number of amides is 7. The Bertz CT molecular complexity index is 1820. The second-order valence-corrected chi connectivity index (χ2v) is 17.0. The molecule has 1 saturated heterocycles. The van der Waals surface area contributed by atoms with Crippen LogP contribution in [0.3, 0.4) is 0 Å². The zero-order valence-corrected chi connectivity index (χ0v) is 38.2. The Morgan fingerprint density at radius 1 is 0.908 bits per heavy atom. The van der Waals surface area contributed by atoms with Crippen molar-refractivity contribution in [1.29, 1.82) is 0 Å². The SMILES string of the molecule is CC(C)C[C@H](NC(=O)[C@@H]1CCCN1C(=O)CCOCCOCCNC(=O)[C@@H](N)CS)C(=O)N[C@@H](Cc1cncn1CCC(=O)O)C(=O)N[C@@H](CO)C(=O)N[C@H](C(N)=O)[C@@H](C)OP(=O)(O)O. The number of carbonyl (C=O) groups excluding carboxylic acids is 7. The normalized spacial score (nSPS) is 16.7. The fourth-order valence-corrected chi connectivity index (χ4v) is 7.16. The first-order valence-corrected chi connectivity index (χ1v) is 22.9. The highest BCUT2D eigenvalue weighted by atomic mass is 32.1. The monoisotopic (exact) mass is 966 g/mol. The number of aromatic nitrogens is 2. The van der Waals surface area contributed by atoms with Crippen molar-refractivity contribution in [3.8, 4) is 0 Å². The summed E-state index contributed by atoms with van der Waals surface area (Å²) in [5.74, 6) is -6.86. The zero-order valence-electron chi connectivity index (χ0n) is 36.5. The summed E-state index contributed by atoms with van der Waals surface area (Å²) in [5.41, 5.74) is 11.2. The summed E-state index contributed by atoms with van der Waals surface area (Å²) in [4.78, 5) is 127. The number of carboxylic acid groups (broad SMARTS) is 1. The number of aliphatic hydroxyl groups is 1. The third kappa shape index (κ3) is 20.5. The average Bonchev–Trinajstić information content (AvgIpc) is 3.91. The molecule has 1 aromatic rings. The minimum absolute atomic E-state index is 0.0340. The number of hydrogen-bond donors (Lipinski definition) is 12. The summed E-state index contributed by atoms with van der Waals surface area (Å²) in [6, 6.07) is -8.14. The Hall–Kier alpha value is -4.73. The highest BCUT2D eigenvalue weighted by molar-refractivity contribution is 7.80. The van der Waals surface area contributed by atoms with Crippen LogP contribution in [0, 0.1) is 5.92 Å². The van der Waals surface area contributed by atoms with Crippen molar-refractivity contribution in [3.05, 3.63) is 18.2 Å². The van der Waals surface area contributed by atoms with E-state index in [1.165, 1.54) is 22.0 Å². The van der Waals surface area contributed by atoms with Gasteiger partial charge in [0.15, 0.2) is 0 Å². The van der Waals surface area contributed by atoms with E-state index in [4.69, 9.17) is 30.7 Å². The lowest BCUT2D eigenvalue weighted by atomic mass is 10.0. The molecule has 2 heterocycles. The topological polar surface area (TPSA) is 395 Å². The van der Waals surface area contributed by atoms with Crippen LogP contribution in [0.15, 0.2) is 12.5 Å². The fourth-order valence-electron chi connectivity index (χ4n) is 6.44. The van der Waals surface area contributed by atoms with Gasteiger partial charge in [-0.3, -0.25) is 42.9 Å². The predicted octanol–water partition coefficient (Wildman–Crippen LogP) is -4.35. The van der Waals surface area contributed by atoms with E-state index in [1.54, 1.807) is 13.8 Å². The van der Waals surface area contributed by atoms with Gasteiger partial charge in [-0.05, 0) is 32.1 Å². The number of imidazole rings is 1. The number of primary amides is 1. The summed E-state index contributed by atoms with van der Waals surface area (Å²) in [6.45, 7) is 4.57. The van der Waals surface area contributed by atoms with E-state index < -0.39 is 92.3 Å². The first-order valence-electron chi connectivity index (χ1n) is 20.7. The van der Waals surface area contributed by atoms with Crippen molar-refractivity contribution < 1.29 is 76.9 Å². The Morgan fingerprint density at radius 2 is 1.54 bits per heavy atom. The van der Waals surface area contributed by atoms with Gasteiger partial charge in [0.25, 0.3) is 0 Å². The van der Waals surface area contributed by atoms with Crippen molar-refractivity contribution in [1.82, 2.24) is 41.0 Å². The molecule has 65 heavy (non-hydrogen) atoms. The van der Waals surface area contributed by atoms with Crippen LogP contribution in [-0.4, -0.2) is 176 Å². The molecule has 0 aromatic carbocycles. The molecular weight excluding hydrogens is 904 g/mol. The molecule has 0 radical (unpaired) electrons. The maximum Gasteiger partial charge on any atom is 0.469 e. The molecular formula is C37H63N10O16PS. The van der Waals surface area contributed by atoms with Crippen molar-refractivity contribution in [2.45, 2.75) is 108 Å². The maximum absolute atomic E-state index is 14.0. The van der Waals surface area contributed by atoms with Gasteiger partial charge in [-0.1, -0.05) is 13.8 Å². The molecule has 13 N–H and O–H groups in total. The van der Waals surface area contributed by atoms with Gasteiger partial charge in [-0.25, -0.2) is 9.55 Å². The molecule has 0 saturated carbocycles. The summed E-state index contributed by atoms with van der Waals surface area (Å²) < 4.78 is 28.1. The number of thiol groups is 1. The number of phosphoric ester groups is 1. The summed E-state index contributed by atoms with van der Waals surface area (Å²) >= 11 is 3.97. The molecule has 0 spiro atoms. The van der Waals surface area contributed by atoms with Gasteiger partial charge in [0.1, 0.15) is 30.2 Å². The van der Waals surface area contributed by atoms with Crippen molar-refractivity contribution in [3.63, 3.8) is 0 Å². The molecule has 26 nitrogen and oxygen atoms in total. The largest absolute Gasteiger partial charge is 0.481 e. The standard InChI is InChI=1S/C37H63N10O16PS/c1-21(2)15-25(43-37(57)28-5-4-9-47(28)29(49)7-11-61-13-14-62-12-8-41-33(53)24(38)19-65)34(54)42-26(16-23-17-40-20-46(23)10-6-30(50)51)35(55)44-27(18-48)36(56)45-31(32(39)52)22(3)63-64(58,59)60/h17,20-22,24-28,31,48,65H,4-16,18-19,38H2,1-3H3,(H2,39,52)(H,41,53)(H,42,54)(H,43,57)(H,44,55)(H,45,56)(H,50,51)(H2,58,59,60)/t22-,24+,25+,26+,27+,28+,31+/m1/s1. The number of hydrogen-bond acceptors (Lipinski definition) is 16. The number of aliphatic carboxylic acids is 1. The quantitative estimate of drug-likeness (QED) is 0.0190. The first kappa shape index (κ1) is 56.4. The zero-order chi connectivity index (χ0) is 48.9. The van der Waals surface area contributed by atoms with Crippen LogP contribution in [0.1, 0.15) is 58.6 Å². The molecule has 1 aromatic heterocycles. The van der Waals surface area contributed by atoms with Crippen LogP contribution in [-0.2, 0) is 69.9 Å². The third-order valence-electron chi connectivity index (χ3n) is 9.73. The van der Waals surface area contributed by atoms with Crippen LogP contribution < -0.4 is 38.1 Å². The second-order valence-electron chi connectivity index (χ2n) is 15.4. The number of carbonyl (C=O) groups is 8. The molecule has 1 aliphatic heterocycles. The third-order valence-corrected chi connectivity index (χ3v) is 10.7. The number of ether oxygens (including phenoxy) is 2. The number of likely N-dealkylation sites (tertiary alicyclic amines) is 1. The lowest BCUT2D eigenvalue weighted by Crippen LogP contribution is -2.61. The second kappa shape index (κ2) is 28.3. The maximum atomic E-state index is 14.0. The van der Waals surface area contributed by atoms with Crippen LogP contribution in [0.25, 0.3) is 0 Å². The van der Waals surface area contributed by atoms with E-state index in [1.807, 2.05) is 0 Å². The van der Waals surface area contributed by atoms with Crippen molar-refractivity contribution >= 4 is 67.8 Å². The number of rotatable bonds is 31. The Balaban J connectivity index is 2.18. The fraction of sp³-hybridized carbons (Fsp3) is 0.703. The number of nitrogens with one attached hydrogen (secondary N) is 5. The molecule has 0 aliphatic carbocycles. The Labute approximate surface area is 380 Å². The Morgan fingerprint density at radius 3 is 2.14 bits per heavy atom. The van der Waals surface area contributed by atoms with E-state index in [9.17, 15) is 53.1 Å². The Kier molecular flexibility index (Phi) is 24.6.